The van der Waals surface area contributed by atoms with Gasteiger partial charge in [0.1, 0.15) is 11.6 Å². The summed E-state index contributed by atoms with van der Waals surface area (Å²) in [6.07, 6.45) is 0. The zero-order chi connectivity index (χ0) is 13.4. The first-order chi connectivity index (χ1) is 9.18. The van der Waals surface area contributed by atoms with E-state index in [4.69, 9.17) is 0 Å². The average molecular weight is 259 g/mol. The predicted molar refractivity (Wildman–Crippen MR) is 71.1 cm³/mol. The molecule has 0 amide bonds. The fraction of sp³-hybridized carbons (Fsp3) is 0.250. The number of halogens is 2. The summed E-state index contributed by atoms with van der Waals surface area (Å²) in [6, 6.07) is 10.7. The molecule has 0 aliphatic carbocycles. The Morgan fingerprint density at radius 2 is 1.89 bits per heavy atom. The normalized spacial score (nSPS) is 18.2. The Labute approximate surface area is 111 Å². The Morgan fingerprint density at radius 3 is 2.74 bits per heavy atom. The molecule has 98 valence electrons. The molecule has 1 aliphatic heterocycles. The molecule has 1 unspecified atom stereocenters. The molecule has 0 saturated carbocycles. The second-order valence-corrected chi connectivity index (χ2v) is 4.97. The molecule has 0 aromatic heterocycles. The Balaban J connectivity index is 2.17. The van der Waals surface area contributed by atoms with Crippen molar-refractivity contribution in [3.8, 4) is 0 Å². The topological polar surface area (TPSA) is 12.0 Å². The van der Waals surface area contributed by atoms with E-state index in [0.29, 0.717) is 12.1 Å². The zero-order valence-electron chi connectivity index (χ0n) is 10.7. The molecule has 1 nitrogen and oxygen atoms in total. The summed E-state index contributed by atoms with van der Waals surface area (Å²) in [6.45, 7) is 2.98. The van der Waals surface area contributed by atoms with Gasteiger partial charge >= 0.3 is 0 Å². The van der Waals surface area contributed by atoms with Crippen molar-refractivity contribution in [2.75, 3.05) is 6.54 Å². The molecule has 1 atom stereocenters. The van der Waals surface area contributed by atoms with E-state index < -0.39 is 11.6 Å². The number of fused-ring (bicyclic) bond motifs is 1. The van der Waals surface area contributed by atoms with Gasteiger partial charge in [-0.05, 0) is 29.7 Å². The van der Waals surface area contributed by atoms with Gasteiger partial charge in [-0.15, -0.1) is 0 Å². The van der Waals surface area contributed by atoms with Gasteiger partial charge in [0.2, 0.25) is 0 Å². The van der Waals surface area contributed by atoms with Crippen molar-refractivity contribution >= 4 is 0 Å². The number of nitrogens with one attached hydrogen (secondary N) is 1. The summed E-state index contributed by atoms with van der Waals surface area (Å²) < 4.78 is 28.3. The highest BCUT2D eigenvalue weighted by Crippen LogP contribution is 2.33. The lowest BCUT2D eigenvalue weighted by Crippen LogP contribution is -2.30. The van der Waals surface area contributed by atoms with Crippen molar-refractivity contribution in [3.63, 3.8) is 0 Å². The van der Waals surface area contributed by atoms with Crippen LogP contribution in [0, 0.1) is 18.6 Å². The van der Waals surface area contributed by atoms with Gasteiger partial charge < -0.3 is 5.32 Å². The molecule has 0 radical (unpaired) electrons. The largest absolute Gasteiger partial charge is 0.312 e. The van der Waals surface area contributed by atoms with Crippen LogP contribution in [0.3, 0.4) is 0 Å². The SMILES string of the molecule is Cc1ccc(F)c(C2CNCc3ccccc32)c1F. The lowest BCUT2D eigenvalue weighted by Gasteiger charge is -2.27. The van der Waals surface area contributed by atoms with E-state index >= 15 is 0 Å². The summed E-state index contributed by atoms with van der Waals surface area (Å²) in [4.78, 5) is 0. The third kappa shape index (κ3) is 2.04. The first-order valence-corrected chi connectivity index (χ1v) is 6.41. The molecule has 0 bridgehead atoms. The lowest BCUT2D eigenvalue weighted by atomic mass is 9.84. The minimum absolute atomic E-state index is 0.180. The van der Waals surface area contributed by atoms with Crippen molar-refractivity contribution in [3.05, 3.63) is 70.3 Å². The van der Waals surface area contributed by atoms with Crippen molar-refractivity contribution in [2.24, 2.45) is 0 Å². The van der Waals surface area contributed by atoms with E-state index in [-0.39, 0.29) is 11.5 Å². The van der Waals surface area contributed by atoms with Crippen LogP contribution in [0.4, 0.5) is 8.78 Å². The summed E-state index contributed by atoms with van der Waals surface area (Å²) in [7, 11) is 0. The molecule has 19 heavy (non-hydrogen) atoms. The second kappa shape index (κ2) is 4.74. The molecule has 0 spiro atoms. The van der Waals surface area contributed by atoms with Crippen molar-refractivity contribution in [2.45, 2.75) is 19.4 Å². The minimum atomic E-state index is -0.466. The maximum Gasteiger partial charge on any atom is 0.132 e. The molecule has 1 heterocycles. The van der Waals surface area contributed by atoms with Gasteiger partial charge in [-0.3, -0.25) is 0 Å². The maximum absolute atomic E-state index is 14.3. The van der Waals surface area contributed by atoms with Gasteiger partial charge in [0.15, 0.2) is 0 Å². The minimum Gasteiger partial charge on any atom is -0.312 e. The molecule has 1 aliphatic rings. The third-order valence-electron chi connectivity index (χ3n) is 3.76. The lowest BCUT2D eigenvalue weighted by molar-refractivity contribution is 0.506. The molecule has 0 saturated heterocycles. The molecular weight excluding hydrogens is 244 g/mol. The van der Waals surface area contributed by atoms with Crippen LogP contribution in [0.5, 0.6) is 0 Å². The zero-order valence-corrected chi connectivity index (χ0v) is 10.7. The fourth-order valence-electron chi connectivity index (χ4n) is 2.75. The van der Waals surface area contributed by atoms with Crippen molar-refractivity contribution in [1.29, 1.82) is 0 Å². The first-order valence-electron chi connectivity index (χ1n) is 6.41. The molecule has 0 fully saturated rings. The Morgan fingerprint density at radius 1 is 1.11 bits per heavy atom. The number of aryl methyl sites for hydroxylation is 1. The molecule has 3 rings (SSSR count). The Bertz CT molecular complexity index is 622. The van der Waals surface area contributed by atoms with Gasteiger partial charge in [-0.1, -0.05) is 30.3 Å². The van der Waals surface area contributed by atoms with E-state index in [1.54, 1.807) is 6.92 Å². The number of hydrogen-bond acceptors (Lipinski definition) is 1. The van der Waals surface area contributed by atoms with Crippen LogP contribution in [0.15, 0.2) is 36.4 Å². The second-order valence-electron chi connectivity index (χ2n) is 4.97. The smallest absolute Gasteiger partial charge is 0.132 e. The summed E-state index contributed by atoms with van der Waals surface area (Å²) in [5.41, 5.74) is 2.79. The highest BCUT2D eigenvalue weighted by atomic mass is 19.1. The van der Waals surface area contributed by atoms with Gasteiger partial charge in [-0.2, -0.15) is 0 Å². The molecular formula is C16H15F2N. The molecule has 3 heteroatoms. The van der Waals surface area contributed by atoms with Gasteiger partial charge in [0, 0.05) is 24.6 Å². The summed E-state index contributed by atoms with van der Waals surface area (Å²) in [5, 5.41) is 3.23. The van der Waals surface area contributed by atoms with E-state index in [1.807, 2.05) is 24.3 Å². The van der Waals surface area contributed by atoms with Crippen molar-refractivity contribution in [1.82, 2.24) is 5.32 Å². The highest BCUT2D eigenvalue weighted by molar-refractivity contribution is 5.42. The maximum atomic E-state index is 14.3. The van der Waals surface area contributed by atoms with Crippen LogP contribution in [-0.2, 0) is 6.54 Å². The number of hydrogen-bond donors (Lipinski definition) is 1. The molecule has 2 aromatic carbocycles. The predicted octanol–water partition coefficient (Wildman–Crippen LogP) is 3.51. The Kier molecular flexibility index (Phi) is 3.07. The standard InChI is InChI=1S/C16H15F2N/c1-10-6-7-14(17)15(16(10)18)13-9-19-8-11-4-2-3-5-12(11)13/h2-7,13,19H,8-9H2,1H3. The van der Waals surface area contributed by atoms with E-state index in [1.165, 1.54) is 12.1 Å². The van der Waals surface area contributed by atoms with Crippen LogP contribution in [-0.4, -0.2) is 6.54 Å². The Hall–Kier alpha value is -1.74. The quantitative estimate of drug-likeness (QED) is 0.826. The summed E-state index contributed by atoms with van der Waals surface area (Å²) >= 11 is 0. The van der Waals surface area contributed by atoms with Gasteiger partial charge in [0.05, 0.1) is 0 Å². The van der Waals surface area contributed by atoms with Crippen LogP contribution < -0.4 is 5.32 Å². The van der Waals surface area contributed by atoms with E-state index in [2.05, 4.69) is 5.32 Å². The van der Waals surface area contributed by atoms with E-state index in [0.717, 1.165) is 17.7 Å². The van der Waals surface area contributed by atoms with Crippen LogP contribution in [0.25, 0.3) is 0 Å². The molecule has 2 aromatic rings. The van der Waals surface area contributed by atoms with Crippen LogP contribution >= 0.6 is 0 Å². The van der Waals surface area contributed by atoms with Gasteiger partial charge in [-0.25, -0.2) is 8.78 Å². The van der Waals surface area contributed by atoms with Crippen LogP contribution in [0.1, 0.15) is 28.2 Å². The number of benzene rings is 2. The highest BCUT2D eigenvalue weighted by Gasteiger charge is 2.27. The monoisotopic (exact) mass is 259 g/mol. The average Bonchev–Trinajstić information content (AvgIpc) is 2.44. The van der Waals surface area contributed by atoms with E-state index in [9.17, 15) is 8.78 Å². The number of rotatable bonds is 1. The van der Waals surface area contributed by atoms with Crippen LogP contribution in [0.2, 0.25) is 0 Å². The fourth-order valence-corrected chi connectivity index (χ4v) is 2.75. The van der Waals surface area contributed by atoms with Gasteiger partial charge in [0.25, 0.3) is 0 Å². The third-order valence-corrected chi connectivity index (χ3v) is 3.76. The first kappa shape index (κ1) is 12.3. The summed E-state index contributed by atoms with van der Waals surface area (Å²) in [5.74, 6) is -1.15. The molecule has 1 N–H and O–H groups in total. The van der Waals surface area contributed by atoms with Crippen molar-refractivity contribution < 1.29 is 8.78 Å².